The van der Waals surface area contributed by atoms with E-state index in [1.165, 1.54) is 12.1 Å². The fourth-order valence-electron chi connectivity index (χ4n) is 3.06. The van der Waals surface area contributed by atoms with Crippen molar-refractivity contribution in [1.82, 2.24) is 0 Å². The Labute approximate surface area is 173 Å². The van der Waals surface area contributed by atoms with Gasteiger partial charge in [0.05, 0.1) is 12.7 Å². The van der Waals surface area contributed by atoms with Gasteiger partial charge in [-0.05, 0) is 42.0 Å². The number of ether oxygens (including phenoxy) is 3. The molecule has 3 aromatic carbocycles. The van der Waals surface area contributed by atoms with E-state index in [-0.39, 0.29) is 24.0 Å². The summed E-state index contributed by atoms with van der Waals surface area (Å²) >= 11 is 0. The van der Waals surface area contributed by atoms with Crippen molar-refractivity contribution in [2.24, 2.45) is 0 Å². The molecule has 4 rings (SSSR count). The molecule has 0 spiro atoms. The Morgan fingerprint density at radius 1 is 1.03 bits per heavy atom. The third-order valence-electron chi connectivity index (χ3n) is 4.62. The minimum Gasteiger partial charge on any atom is -0.496 e. The summed E-state index contributed by atoms with van der Waals surface area (Å²) in [6.45, 7) is 0.289. The SMILES string of the molecule is COc1ccccc1/C=C/C=C1\Oc2cc(OCc3ccc(F)cc3)ccc2C1=O. The number of ketones is 1. The van der Waals surface area contributed by atoms with Gasteiger partial charge in [0.2, 0.25) is 5.78 Å². The molecule has 0 fully saturated rings. The van der Waals surface area contributed by atoms with Crippen molar-refractivity contribution in [2.75, 3.05) is 7.11 Å². The molecular weight excluding hydrogens is 383 g/mol. The predicted molar refractivity (Wildman–Crippen MR) is 112 cm³/mol. The van der Waals surface area contributed by atoms with Crippen molar-refractivity contribution in [3.63, 3.8) is 0 Å². The van der Waals surface area contributed by atoms with E-state index >= 15 is 0 Å². The number of hydrogen-bond donors (Lipinski definition) is 0. The minimum atomic E-state index is -0.290. The number of benzene rings is 3. The maximum atomic E-state index is 13.0. The van der Waals surface area contributed by atoms with Crippen molar-refractivity contribution < 1.29 is 23.4 Å². The molecule has 30 heavy (non-hydrogen) atoms. The molecule has 3 aromatic rings. The highest BCUT2D eigenvalue weighted by Crippen LogP contribution is 2.34. The van der Waals surface area contributed by atoms with Gasteiger partial charge in [-0.3, -0.25) is 4.79 Å². The van der Waals surface area contributed by atoms with Crippen molar-refractivity contribution in [3.8, 4) is 17.2 Å². The van der Waals surface area contributed by atoms with Crippen LogP contribution in [0.5, 0.6) is 17.2 Å². The first-order valence-corrected chi connectivity index (χ1v) is 9.39. The monoisotopic (exact) mass is 402 g/mol. The Hall–Kier alpha value is -3.86. The standard InChI is InChI=1S/C25H19FO4/c1-28-22-7-3-2-5-18(22)6-4-8-23-25(27)21-14-13-20(15-24(21)30-23)29-16-17-9-11-19(26)12-10-17/h2-15H,16H2,1H3/b6-4+,23-8-. The lowest BCUT2D eigenvalue weighted by Gasteiger charge is -2.07. The normalized spacial score (nSPS) is 14.1. The molecule has 4 nitrogen and oxygen atoms in total. The second-order valence-corrected chi connectivity index (χ2v) is 6.64. The summed E-state index contributed by atoms with van der Waals surface area (Å²) in [6.07, 6.45) is 5.24. The molecule has 0 aliphatic carbocycles. The van der Waals surface area contributed by atoms with Crippen molar-refractivity contribution in [3.05, 3.63) is 107 Å². The summed E-state index contributed by atoms with van der Waals surface area (Å²) in [5, 5.41) is 0. The van der Waals surface area contributed by atoms with Gasteiger partial charge in [-0.1, -0.05) is 42.5 Å². The molecule has 0 atom stereocenters. The molecule has 0 aromatic heterocycles. The van der Waals surface area contributed by atoms with Crippen LogP contribution in [0.1, 0.15) is 21.5 Å². The summed E-state index contributed by atoms with van der Waals surface area (Å²) in [5.41, 5.74) is 2.23. The van der Waals surface area contributed by atoms with E-state index < -0.39 is 0 Å². The van der Waals surface area contributed by atoms with Crippen LogP contribution < -0.4 is 14.2 Å². The zero-order valence-corrected chi connectivity index (χ0v) is 16.3. The summed E-state index contributed by atoms with van der Waals surface area (Å²) < 4.78 is 29.8. The highest BCUT2D eigenvalue weighted by Gasteiger charge is 2.27. The third kappa shape index (κ3) is 4.25. The molecule has 0 unspecified atom stereocenters. The van der Waals surface area contributed by atoms with Crippen LogP contribution in [-0.4, -0.2) is 12.9 Å². The number of para-hydroxylation sites is 1. The molecule has 0 saturated carbocycles. The average Bonchev–Trinajstić information content (AvgIpc) is 3.08. The van der Waals surface area contributed by atoms with Gasteiger partial charge in [0.15, 0.2) is 5.76 Å². The smallest absolute Gasteiger partial charge is 0.231 e. The molecule has 0 saturated heterocycles. The van der Waals surface area contributed by atoms with Crippen molar-refractivity contribution in [1.29, 1.82) is 0 Å². The Morgan fingerprint density at radius 2 is 1.83 bits per heavy atom. The Morgan fingerprint density at radius 3 is 2.63 bits per heavy atom. The number of allylic oxidation sites excluding steroid dienone is 3. The molecule has 0 radical (unpaired) electrons. The number of Topliss-reactive ketones (excluding diaryl/α,β-unsaturated/α-hetero) is 1. The van der Waals surface area contributed by atoms with E-state index in [4.69, 9.17) is 14.2 Å². The second-order valence-electron chi connectivity index (χ2n) is 6.64. The van der Waals surface area contributed by atoms with E-state index in [1.54, 1.807) is 49.6 Å². The van der Waals surface area contributed by atoms with Gasteiger partial charge in [0, 0.05) is 11.6 Å². The molecule has 150 valence electrons. The molecule has 5 heteroatoms. The van der Waals surface area contributed by atoms with E-state index in [1.807, 2.05) is 30.3 Å². The molecule has 1 aliphatic heterocycles. The lowest BCUT2D eigenvalue weighted by Crippen LogP contribution is -1.97. The highest BCUT2D eigenvalue weighted by atomic mass is 19.1. The Balaban J connectivity index is 1.45. The van der Waals surface area contributed by atoms with E-state index in [2.05, 4.69) is 0 Å². The third-order valence-corrected chi connectivity index (χ3v) is 4.62. The lowest BCUT2D eigenvalue weighted by molar-refractivity contribution is 0.101. The number of methoxy groups -OCH3 is 1. The molecule has 0 bridgehead atoms. The number of carbonyl (C=O) groups excluding carboxylic acids is 1. The van der Waals surface area contributed by atoms with Gasteiger partial charge < -0.3 is 14.2 Å². The van der Waals surface area contributed by atoms with Crippen LogP contribution in [-0.2, 0) is 6.61 Å². The quantitative estimate of drug-likeness (QED) is 0.505. The van der Waals surface area contributed by atoms with E-state index in [0.717, 1.165) is 16.9 Å². The second kappa shape index (κ2) is 8.66. The van der Waals surface area contributed by atoms with Gasteiger partial charge in [0.1, 0.15) is 29.7 Å². The fraction of sp³-hybridized carbons (Fsp3) is 0.0800. The number of rotatable bonds is 6. The van der Waals surface area contributed by atoms with Crippen LogP contribution in [0.2, 0.25) is 0 Å². The molecule has 0 amide bonds. The Kier molecular flexibility index (Phi) is 5.61. The Bertz CT molecular complexity index is 1130. The first-order valence-electron chi connectivity index (χ1n) is 9.39. The first kappa shape index (κ1) is 19.5. The topological polar surface area (TPSA) is 44.8 Å². The van der Waals surface area contributed by atoms with E-state index in [9.17, 15) is 9.18 Å². The maximum Gasteiger partial charge on any atom is 0.231 e. The number of hydrogen-bond acceptors (Lipinski definition) is 4. The zero-order valence-electron chi connectivity index (χ0n) is 16.3. The summed E-state index contributed by atoms with van der Waals surface area (Å²) in [6, 6.07) is 18.8. The van der Waals surface area contributed by atoms with Gasteiger partial charge in [-0.2, -0.15) is 0 Å². The van der Waals surface area contributed by atoms with Crippen LogP contribution >= 0.6 is 0 Å². The van der Waals surface area contributed by atoms with Crippen LogP contribution in [0.4, 0.5) is 4.39 Å². The molecule has 1 heterocycles. The fourth-order valence-corrected chi connectivity index (χ4v) is 3.06. The average molecular weight is 402 g/mol. The van der Waals surface area contributed by atoms with Crippen LogP contribution in [0, 0.1) is 5.82 Å². The summed E-state index contributed by atoms with van der Waals surface area (Å²) in [4.78, 5) is 12.6. The van der Waals surface area contributed by atoms with Gasteiger partial charge in [-0.15, -0.1) is 0 Å². The first-order chi connectivity index (χ1) is 14.6. The van der Waals surface area contributed by atoms with Gasteiger partial charge in [0.25, 0.3) is 0 Å². The largest absolute Gasteiger partial charge is 0.496 e. The number of carbonyl (C=O) groups is 1. The van der Waals surface area contributed by atoms with Crippen LogP contribution in [0.25, 0.3) is 6.08 Å². The van der Waals surface area contributed by atoms with E-state index in [0.29, 0.717) is 17.1 Å². The lowest BCUT2D eigenvalue weighted by atomic mass is 10.1. The van der Waals surface area contributed by atoms with Gasteiger partial charge in [-0.25, -0.2) is 4.39 Å². The van der Waals surface area contributed by atoms with Crippen molar-refractivity contribution >= 4 is 11.9 Å². The molecule has 0 N–H and O–H groups in total. The summed E-state index contributed by atoms with van der Waals surface area (Å²) in [7, 11) is 1.61. The highest BCUT2D eigenvalue weighted by molar-refractivity contribution is 6.12. The summed E-state index contributed by atoms with van der Waals surface area (Å²) in [5.74, 6) is 1.54. The minimum absolute atomic E-state index is 0.181. The molecular formula is C25H19FO4. The maximum absolute atomic E-state index is 13.0. The number of halogens is 1. The van der Waals surface area contributed by atoms with Crippen molar-refractivity contribution in [2.45, 2.75) is 6.61 Å². The van der Waals surface area contributed by atoms with Crippen LogP contribution in [0.3, 0.4) is 0 Å². The van der Waals surface area contributed by atoms with Gasteiger partial charge >= 0.3 is 0 Å². The predicted octanol–water partition coefficient (Wildman–Crippen LogP) is 5.59. The zero-order chi connectivity index (χ0) is 20.9. The van der Waals surface area contributed by atoms with Crippen LogP contribution in [0.15, 0.2) is 84.6 Å². The molecule has 1 aliphatic rings. The number of fused-ring (bicyclic) bond motifs is 1.